The van der Waals surface area contributed by atoms with Gasteiger partial charge in [-0.3, -0.25) is 9.59 Å². The van der Waals surface area contributed by atoms with E-state index in [4.69, 9.17) is 0 Å². The first-order valence-electron chi connectivity index (χ1n) is 7.77. The van der Waals surface area contributed by atoms with Crippen molar-refractivity contribution in [3.05, 3.63) is 29.6 Å². The van der Waals surface area contributed by atoms with Gasteiger partial charge in [-0.15, -0.1) is 9.24 Å². The van der Waals surface area contributed by atoms with E-state index < -0.39 is 11.7 Å². The second-order valence-electron chi connectivity index (χ2n) is 6.61. The van der Waals surface area contributed by atoms with Crippen LogP contribution in [0.5, 0.6) is 0 Å². The van der Waals surface area contributed by atoms with E-state index in [0.29, 0.717) is 13.0 Å². The lowest BCUT2D eigenvalue weighted by molar-refractivity contribution is -0.123. The molecule has 0 aliphatic rings. The number of amides is 2. The van der Waals surface area contributed by atoms with Crippen LogP contribution in [0, 0.1) is 11.2 Å². The lowest BCUT2D eigenvalue weighted by Gasteiger charge is -2.22. The summed E-state index contributed by atoms with van der Waals surface area (Å²) in [5, 5.41) is 6.23. The van der Waals surface area contributed by atoms with Gasteiger partial charge in [0.25, 0.3) is 5.91 Å². The minimum Gasteiger partial charge on any atom is -0.354 e. The summed E-state index contributed by atoms with van der Waals surface area (Å²) in [6.45, 7) is 8.20. The summed E-state index contributed by atoms with van der Waals surface area (Å²) >= 11 is 0. The Labute approximate surface area is 139 Å². The number of halogens is 1. The van der Waals surface area contributed by atoms with Crippen LogP contribution in [0.15, 0.2) is 18.2 Å². The van der Waals surface area contributed by atoms with E-state index in [1.54, 1.807) is 13.0 Å². The van der Waals surface area contributed by atoms with Gasteiger partial charge in [0.15, 0.2) is 0 Å². The molecule has 1 aromatic carbocycles. The maximum absolute atomic E-state index is 13.7. The van der Waals surface area contributed by atoms with E-state index in [9.17, 15) is 14.0 Å². The third-order valence-electron chi connectivity index (χ3n) is 3.81. The van der Waals surface area contributed by atoms with Gasteiger partial charge in [-0.2, -0.15) is 0 Å². The molecule has 0 aromatic heterocycles. The maximum atomic E-state index is 13.7. The van der Waals surface area contributed by atoms with Crippen LogP contribution >= 0.6 is 9.24 Å². The summed E-state index contributed by atoms with van der Waals surface area (Å²) in [6.07, 6.45) is 1.35. The van der Waals surface area contributed by atoms with Crippen LogP contribution in [0.4, 0.5) is 4.39 Å². The molecule has 23 heavy (non-hydrogen) atoms. The van der Waals surface area contributed by atoms with E-state index >= 15 is 0 Å². The Morgan fingerprint density at radius 1 is 1.35 bits per heavy atom. The largest absolute Gasteiger partial charge is 0.354 e. The smallest absolute Gasteiger partial charge is 0.254 e. The topological polar surface area (TPSA) is 58.2 Å². The summed E-state index contributed by atoms with van der Waals surface area (Å²) < 4.78 is 13.7. The first kappa shape index (κ1) is 19.6. The molecule has 2 atom stereocenters. The molecule has 0 aliphatic heterocycles. The van der Waals surface area contributed by atoms with Gasteiger partial charge in [-0.1, -0.05) is 33.3 Å². The summed E-state index contributed by atoms with van der Waals surface area (Å²) in [4.78, 5) is 24.0. The predicted molar refractivity (Wildman–Crippen MR) is 94.4 cm³/mol. The van der Waals surface area contributed by atoms with E-state index in [2.05, 4.69) is 19.9 Å². The molecule has 0 heterocycles. The number of nitrogens with one attached hydrogen (secondary N) is 2. The van der Waals surface area contributed by atoms with Gasteiger partial charge >= 0.3 is 0 Å². The second kappa shape index (κ2) is 8.39. The summed E-state index contributed by atoms with van der Waals surface area (Å²) in [5.41, 5.74) is -0.0401. The van der Waals surface area contributed by atoms with E-state index in [0.717, 1.165) is 11.7 Å². The Kier molecular flexibility index (Phi) is 7.14. The number of carbonyl (C=O) groups is 2. The average Bonchev–Trinajstić information content (AvgIpc) is 2.47. The quantitative estimate of drug-likeness (QED) is 0.749. The number of rotatable bonds is 7. The molecule has 2 N–H and O–H groups in total. The Morgan fingerprint density at radius 2 is 2.00 bits per heavy atom. The zero-order valence-corrected chi connectivity index (χ0v) is 15.4. The van der Waals surface area contributed by atoms with Crippen molar-refractivity contribution in [2.75, 3.05) is 6.54 Å². The van der Waals surface area contributed by atoms with Crippen molar-refractivity contribution in [1.29, 1.82) is 0 Å². The fourth-order valence-electron chi connectivity index (χ4n) is 1.96. The molecule has 4 nitrogen and oxygen atoms in total. The van der Waals surface area contributed by atoms with Gasteiger partial charge in [-0.05, 0) is 29.8 Å². The zero-order valence-electron chi connectivity index (χ0n) is 14.2. The van der Waals surface area contributed by atoms with Crippen LogP contribution in [0.25, 0.3) is 0 Å². The molecule has 1 aromatic rings. The molecule has 6 heteroatoms. The molecule has 0 saturated heterocycles. The average molecular weight is 340 g/mol. The van der Waals surface area contributed by atoms with Crippen molar-refractivity contribution in [1.82, 2.24) is 10.6 Å². The highest BCUT2D eigenvalue weighted by Crippen LogP contribution is 2.23. The second-order valence-corrected chi connectivity index (χ2v) is 7.28. The Balaban J connectivity index is 2.50. The molecule has 0 bridgehead atoms. The van der Waals surface area contributed by atoms with Gasteiger partial charge in [0.1, 0.15) is 5.82 Å². The highest BCUT2D eigenvalue weighted by atomic mass is 31.0. The van der Waals surface area contributed by atoms with Gasteiger partial charge < -0.3 is 10.6 Å². The predicted octanol–water partition coefficient (Wildman–Crippen LogP) is 2.39. The van der Waals surface area contributed by atoms with Crippen LogP contribution in [0.3, 0.4) is 0 Å². The maximum Gasteiger partial charge on any atom is 0.254 e. The van der Waals surface area contributed by atoms with E-state index in [1.807, 2.05) is 20.8 Å². The van der Waals surface area contributed by atoms with E-state index in [-0.39, 0.29) is 22.9 Å². The Morgan fingerprint density at radius 3 is 2.61 bits per heavy atom. The van der Waals surface area contributed by atoms with Crippen molar-refractivity contribution in [3.8, 4) is 0 Å². The number of hydrogen-bond donors (Lipinski definition) is 2. The van der Waals surface area contributed by atoms with Gasteiger partial charge in [0.2, 0.25) is 5.91 Å². The molecule has 1 rings (SSSR count). The monoisotopic (exact) mass is 340 g/mol. The number of carbonyl (C=O) groups excluding carboxylic acids is 2. The van der Waals surface area contributed by atoms with Crippen molar-refractivity contribution >= 4 is 26.4 Å². The molecular weight excluding hydrogens is 314 g/mol. The molecule has 0 radical (unpaired) electrons. The van der Waals surface area contributed by atoms with Crippen LogP contribution < -0.4 is 15.9 Å². The van der Waals surface area contributed by atoms with Crippen LogP contribution in [-0.2, 0) is 4.79 Å². The summed E-state index contributed by atoms with van der Waals surface area (Å²) in [5.74, 6) is -1.09. The fraction of sp³-hybridized carbons (Fsp3) is 0.529. The van der Waals surface area contributed by atoms with Crippen molar-refractivity contribution < 1.29 is 14.0 Å². The molecular formula is C17H26FN2O2P. The Hall–Kier alpha value is -1.48. The zero-order chi connectivity index (χ0) is 17.6. The standard InChI is InChI=1S/C17H26FN2O2P/c1-5-17(3,4)9-15(21)19-10-11(2)20-16(22)13-8-12(23)6-7-14(13)18/h6-8,11H,5,9-10,23H2,1-4H3,(H,19,21)(H,20,22)/t11-/m0/s1. The SMILES string of the molecule is CCC(C)(C)CC(=O)NC[C@H](C)NC(=O)c1cc(P)ccc1F. The minimum absolute atomic E-state index is 0.00259. The van der Waals surface area contributed by atoms with Gasteiger partial charge in [-0.25, -0.2) is 4.39 Å². The molecule has 0 saturated carbocycles. The summed E-state index contributed by atoms with van der Waals surface area (Å²) in [6, 6.07) is 4.03. The molecule has 0 aliphatic carbocycles. The number of benzene rings is 1. The molecule has 128 valence electrons. The third-order valence-corrected chi connectivity index (χ3v) is 4.17. The van der Waals surface area contributed by atoms with Crippen molar-refractivity contribution in [3.63, 3.8) is 0 Å². The summed E-state index contributed by atoms with van der Waals surface area (Å²) in [7, 11) is 2.43. The molecule has 0 fully saturated rings. The third kappa shape index (κ3) is 6.66. The minimum atomic E-state index is -0.561. The molecule has 1 unspecified atom stereocenters. The molecule has 2 amide bonds. The van der Waals surface area contributed by atoms with Crippen LogP contribution in [0.1, 0.15) is 50.9 Å². The highest BCUT2D eigenvalue weighted by molar-refractivity contribution is 7.27. The highest BCUT2D eigenvalue weighted by Gasteiger charge is 2.20. The Bertz CT molecular complexity index is 576. The van der Waals surface area contributed by atoms with Gasteiger partial charge in [0.05, 0.1) is 5.56 Å². The lowest BCUT2D eigenvalue weighted by atomic mass is 9.86. The fourth-order valence-corrected chi connectivity index (χ4v) is 2.22. The first-order valence-corrected chi connectivity index (χ1v) is 8.35. The number of hydrogen-bond acceptors (Lipinski definition) is 2. The van der Waals surface area contributed by atoms with E-state index in [1.165, 1.54) is 12.1 Å². The first-order chi connectivity index (χ1) is 10.6. The normalized spacial score (nSPS) is 12.6. The van der Waals surface area contributed by atoms with Crippen molar-refractivity contribution in [2.45, 2.75) is 46.6 Å². The van der Waals surface area contributed by atoms with Gasteiger partial charge in [0, 0.05) is 19.0 Å². The van der Waals surface area contributed by atoms with Crippen molar-refractivity contribution in [2.24, 2.45) is 5.41 Å². The lowest BCUT2D eigenvalue weighted by Crippen LogP contribution is -2.42. The van der Waals surface area contributed by atoms with Crippen LogP contribution in [0.2, 0.25) is 0 Å². The molecule has 0 spiro atoms. The van der Waals surface area contributed by atoms with Crippen LogP contribution in [-0.4, -0.2) is 24.4 Å².